The average molecular weight is 535 g/mol. The summed E-state index contributed by atoms with van der Waals surface area (Å²) in [5.74, 6) is 0.317. The minimum Gasteiger partial charge on any atom is -0.325 e. The van der Waals surface area contributed by atoms with Gasteiger partial charge in [0.2, 0.25) is 17.7 Å². The summed E-state index contributed by atoms with van der Waals surface area (Å²) in [5, 5.41) is 5.91. The summed E-state index contributed by atoms with van der Waals surface area (Å²) in [7, 11) is 0. The molecule has 1 aromatic carbocycles. The standard InChI is InChI=1S/C28H27ClN4O3S/c1-27(2)10-9-20(21-7-8-22(29)37-21)33(26(27)36)15-23(34)31-18-6-5-16-13-28(14-17(16)12-18)19-4-3-11-30-24(19)32-25(28)35/h3-8,11-12,20H,9-10,13-15H2,1-2H3,(H,31,34)(H,30,32,35)/t20-,28?/m0/s1. The number of fused-ring (bicyclic) bond motifs is 3. The van der Waals surface area contributed by atoms with Crippen molar-refractivity contribution in [3.63, 3.8) is 0 Å². The van der Waals surface area contributed by atoms with Gasteiger partial charge in [-0.25, -0.2) is 4.98 Å². The van der Waals surface area contributed by atoms with Crippen molar-refractivity contribution >= 4 is 52.2 Å². The van der Waals surface area contributed by atoms with E-state index in [1.807, 2.05) is 56.3 Å². The second-order valence-corrected chi connectivity index (χ2v) is 12.6. The smallest absolute Gasteiger partial charge is 0.244 e. The number of nitrogens with zero attached hydrogens (tertiary/aromatic N) is 2. The van der Waals surface area contributed by atoms with Crippen molar-refractivity contribution in [2.24, 2.45) is 5.41 Å². The number of rotatable bonds is 4. The van der Waals surface area contributed by atoms with E-state index in [1.165, 1.54) is 11.3 Å². The molecule has 2 N–H and O–H groups in total. The van der Waals surface area contributed by atoms with Gasteiger partial charge in [-0.2, -0.15) is 0 Å². The van der Waals surface area contributed by atoms with E-state index in [4.69, 9.17) is 11.6 Å². The first-order valence-electron chi connectivity index (χ1n) is 12.4. The number of pyridine rings is 1. The van der Waals surface area contributed by atoms with Gasteiger partial charge < -0.3 is 15.5 Å². The second-order valence-electron chi connectivity index (χ2n) is 10.8. The molecule has 3 amide bonds. The van der Waals surface area contributed by atoms with E-state index in [0.29, 0.717) is 28.7 Å². The third-order valence-corrected chi connectivity index (χ3v) is 9.29. The van der Waals surface area contributed by atoms with Gasteiger partial charge in [0.25, 0.3) is 0 Å². The van der Waals surface area contributed by atoms with Crippen LogP contribution in [0.1, 0.15) is 54.3 Å². The van der Waals surface area contributed by atoms with E-state index in [0.717, 1.165) is 34.4 Å². The quantitative estimate of drug-likeness (QED) is 0.486. The van der Waals surface area contributed by atoms with Crippen LogP contribution in [-0.4, -0.2) is 34.2 Å². The van der Waals surface area contributed by atoms with Crippen LogP contribution in [0.4, 0.5) is 11.5 Å². The fraction of sp³-hybridized carbons (Fsp3) is 0.357. The van der Waals surface area contributed by atoms with Crippen LogP contribution in [0.25, 0.3) is 0 Å². The SMILES string of the molecule is CC1(C)CC[C@@H](c2ccc(Cl)s2)N(CC(=O)Nc2ccc3c(c2)CC2(C3)C(=O)Nc3ncccc32)C1=O. The van der Waals surface area contributed by atoms with E-state index >= 15 is 0 Å². The van der Waals surface area contributed by atoms with Crippen LogP contribution in [0.5, 0.6) is 0 Å². The highest BCUT2D eigenvalue weighted by Gasteiger charge is 2.51. The Morgan fingerprint density at radius 2 is 2.00 bits per heavy atom. The van der Waals surface area contributed by atoms with E-state index in [2.05, 4.69) is 15.6 Å². The minimum atomic E-state index is -0.657. The highest BCUT2D eigenvalue weighted by atomic mass is 35.5. The molecule has 1 saturated heterocycles. The number of benzene rings is 1. The third kappa shape index (κ3) is 4.03. The van der Waals surface area contributed by atoms with Crippen molar-refractivity contribution < 1.29 is 14.4 Å². The molecule has 1 unspecified atom stereocenters. The molecule has 190 valence electrons. The molecule has 0 radical (unpaired) electrons. The Morgan fingerprint density at radius 1 is 1.19 bits per heavy atom. The molecule has 4 heterocycles. The van der Waals surface area contributed by atoms with Crippen molar-refractivity contribution in [3.05, 3.63) is 74.6 Å². The Bertz CT molecular complexity index is 1450. The molecule has 9 heteroatoms. The van der Waals surface area contributed by atoms with Gasteiger partial charge >= 0.3 is 0 Å². The summed E-state index contributed by atoms with van der Waals surface area (Å²) in [6.45, 7) is 3.83. The maximum absolute atomic E-state index is 13.3. The number of halogens is 1. The molecular weight excluding hydrogens is 508 g/mol. The van der Waals surface area contributed by atoms with Gasteiger partial charge in [-0.15, -0.1) is 11.3 Å². The van der Waals surface area contributed by atoms with Crippen molar-refractivity contribution in [3.8, 4) is 0 Å². The average Bonchev–Trinajstić information content (AvgIpc) is 3.53. The zero-order valence-electron chi connectivity index (χ0n) is 20.6. The Labute approximate surface area is 224 Å². The van der Waals surface area contributed by atoms with Crippen molar-refractivity contribution in [1.82, 2.24) is 9.88 Å². The van der Waals surface area contributed by atoms with Crippen molar-refractivity contribution in [2.45, 2.75) is 51.0 Å². The Morgan fingerprint density at radius 3 is 2.78 bits per heavy atom. The van der Waals surface area contributed by atoms with Gasteiger partial charge in [0, 0.05) is 27.7 Å². The number of amides is 3. The molecule has 1 spiro atoms. The number of carbonyl (C=O) groups is 3. The number of piperidine rings is 1. The largest absolute Gasteiger partial charge is 0.325 e. The monoisotopic (exact) mass is 534 g/mol. The summed E-state index contributed by atoms with van der Waals surface area (Å²) >= 11 is 7.62. The summed E-state index contributed by atoms with van der Waals surface area (Å²) in [5.41, 5.74) is 2.53. The molecule has 1 aliphatic carbocycles. The molecular formula is C28H27ClN4O3S. The zero-order chi connectivity index (χ0) is 25.9. The lowest BCUT2D eigenvalue weighted by atomic mass is 9.79. The van der Waals surface area contributed by atoms with Crippen LogP contribution in [0, 0.1) is 5.41 Å². The first kappa shape index (κ1) is 24.1. The molecule has 0 saturated carbocycles. The zero-order valence-corrected chi connectivity index (χ0v) is 22.2. The van der Waals surface area contributed by atoms with Crippen LogP contribution >= 0.6 is 22.9 Å². The minimum absolute atomic E-state index is 0.0289. The van der Waals surface area contributed by atoms with E-state index < -0.39 is 10.8 Å². The van der Waals surface area contributed by atoms with Crippen molar-refractivity contribution in [1.29, 1.82) is 0 Å². The lowest BCUT2D eigenvalue weighted by Gasteiger charge is -2.42. The molecule has 2 aromatic heterocycles. The molecule has 2 atom stereocenters. The number of hydrogen-bond acceptors (Lipinski definition) is 5. The second kappa shape index (κ2) is 8.67. The molecule has 6 rings (SSSR count). The van der Waals surface area contributed by atoms with Gasteiger partial charge in [-0.3, -0.25) is 14.4 Å². The summed E-state index contributed by atoms with van der Waals surface area (Å²) in [4.78, 5) is 46.5. The Balaban J connectivity index is 1.20. The van der Waals surface area contributed by atoms with E-state index in [1.54, 1.807) is 11.1 Å². The maximum Gasteiger partial charge on any atom is 0.244 e. The van der Waals surface area contributed by atoms with Gasteiger partial charge in [-0.1, -0.05) is 37.6 Å². The number of hydrogen-bond donors (Lipinski definition) is 2. The topological polar surface area (TPSA) is 91.4 Å². The molecule has 2 aliphatic heterocycles. The molecule has 0 bridgehead atoms. The van der Waals surface area contributed by atoms with Crippen LogP contribution < -0.4 is 10.6 Å². The van der Waals surface area contributed by atoms with Gasteiger partial charge in [0.15, 0.2) is 0 Å². The van der Waals surface area contributed by atoms with E-state index in [-0.39, 0.29) is 30.3 Å². The number of thiophene rings is 1. The number of nitrogens with one attached hydrogen (secondary N) is 2. The first-order chi connectivity index (χ1) is 17.7. The van der Waals surface area contributed by atoms with E-state index in [9.17, 15) is 14.4 Å². The predicted molar refractivity (Wildman–Crippen MR) is 144 cm³/mol. The summed E-state index contributed by atoms with van der Waals surface area (Å²) < 4.78 is 0.668. The lowest BCUT2D eigenvalue weighted by molar-refractivity contribution is -0.150. The molecule has 1 fully saturated rings. The maximum atomic E-state index is 13.3. The number of aromatic nitrogens is 1. The van der Waals surface area contributed by atoms with Crippen LogP contribution in [0.15, 0.2) is 48.7 Å². The Hall–Kier alpha value is -3.23. The van der Waals surface area contributed by atoms with Crippen LogP contribution in [0.2, 0.25) is 4.34 Å². The third-order valence-electron chi connectivity index (χ3n) is 7.96. The van der Waals surface area contributed by atoms with Gasteiger partial charge in [-0.05, 0) is 67.1 Å². The number of carbonyl (C=O) groups excluding carboxylic acids is 3. The van der Waals surface area contributed by atoms with Gasteiger partial charge in [0.05, 0.1) is 15.8 Å². The fourth-order valence-corrected chi connectivity index (χ4v) is 7.18. The lowest BCUT2D eigenvalue weighted by Crippen LogP contribution is -2.50. The molecule has 7 nitrogen and oxygen atoms in total. The number of likely N-dealkylation sites (tertiary alicyclic amines) is 1. The molecule has 37 heavy (non-hydrogen) atoms. The first-order valence-corrected chi connectivity index (χ1v) is 13.6. The molecule has 3 aromatic rings. The van der Waals surface area contributed by atoms with Crippen LogP contribution in [-0.2, 0) is 32.6 Å². The fourth-order valence-electron chi connectivity index (χ4n) is 5.98. The van der Waals surface area contributed by atoms with Crippen LogP contribution in [0.3, 0.4) is 0 Å². The summed E-state index contributed by atoms with van der Waals surface area (Å²) in [6, 6.07) is 13.2. The highest BCUT2D eigenvalue weighted by molar-refractivity contribution is 7.16. The van der Waals surface area contributed by atoms with Gasteiger partial charge in [0.1, 0.15) is 12.4 Å². The Kier molecular flexibility index (Phi) is 5.65. The van der Waals surface area contributed by atoms with Crippen molar-refractivity contribution in [2.75, 3.05) is 17.2 Å². The normalized spacial score (nSPS) is 23.6. The predicted octanol–water partition coefficient (Wildman–Crippen LogP) is 5.11. The number of anilines is 2. The summed E-state index contributed by atoms with van der Waals surface area (Å²) in [6.07, 6.45) is 4.37. The highest BCUT2D eigenvalue weighted by Crippen LogP contribution is 2.47. The molecule has 3 aliphatic rings.